The number of ether oxygens (including phenoxy) is 2. The molecular weight excluding hydrogens is 358 g/mol. The maximum atomic E-state index is 9.24. The Balaban J connectivity index is 1.33. The van der Waals surface area contributed by atoms with Crippen LogP contribution >= 0.6 is 0 Å². The SMILES string of the molecule is C[C@]12CC[C@H](OC3CCCCO3)CC1=CC[C@@H]1[C@@H]2CC[C@]2(C)C(=CC#N)CC[C@@H]12. The van der Waals surface area contributed by atoms with Crippen molar-refractivity contribution < 1.29 is 9.47 Å². The first kappa shape index (κ1) is 19.8. The van der Waals surface area contributed by atoms with Gasteiger partial charge in [-0.1, -0.05) is 31.1 Å². The van der Waals surface area contributed by atoms with Crippen LogP contribution in [0, 0.1) is 39.9 Å². The van der Waals surface area contributed by atoms with Gasteiger partial charge in [-0.3, -0.25) is 0 Å². The van der Waals surface area contributed by atoms with Crippen molar-refractivity contribution in [1.82, 2.24) is 0 Å². The Hall–Kier alpha value is -1.11. The summed E-state index contributed by atoms with van der Waals surface area (Å²) in [5.74, 6) is 2.38. The molecule has 3 nitrogen and oxygen atoms in total. The third kappa shape index (κ3) is 3.22. The minimum atomic E-state index is 0.0364. The van der Waals surface area contributed by atoms with Crippen LogP contribution in [-0.4, -0.2) is 19.0 Å². The van der Waals surface area contributed by atoms with E-state index in [2.05, 4.69) is 26.0 Å². The molecular formula is C26H37NO2. The molecule has 158 valence electrons. The zero-order chi connectivity index (χ0) is 20.1. The van der Waals surface area contributed by atoms with Crippen molar-refractivity contribution >= 4 is 0 Å². The van der Waals surface area contributed by atoms with E-state index in [0.717, 1.165) is 43.6 Å². The first-order chi connectivity index (χ1) is 14.0. The van der Waals surface area contributed by atoms with Crippen LogP contribution < -0.4 is 0 Å². The number of fused-ring (bicyclic) bond motifs is 5. The standard InChI is InChI=1S/C26H37NO2/c1-25-14-11-23-21(22(25)9-7-18(25)12-15-27)8-6-19-17-20(10-13-26(19,23)2)29-24-5-3-4-16-28-24/h6,12,20-24H,3-5,7-11,13-14,16-17H2,1-2H3/t20-,21-,22-,23-,24?,25+,26-/m0/s1. The molecule has 0 radical (unpaired) electrons. The summed E-state index contributed by atoms with van der Waals surface area (Å²) in [6, 6.07) is 2.33. The third-order valence-corrected chi connectivity index (χ3v) is 9.63. The predicted molar refractivity (Wildman–Crippen MR) is 114 cm³/mol. The summed E-state index contributed by atoms with van der Waals surface area (Å²) >= 11 is 0. The summed E-state index contributed by atoms with van der Waals surface area (Å²) in [5, 5.41) is 9.24. The van der Waals surface area contributed by atoms with Gasteiger partial charge in [-0.2, -0.15) is 5.26 Å². The first-order valence-electron chi connectivity index (χ1n) is 12.1. The second-order valence-corrected chi connectivity index (χ2v) is 10.8. The molecule has 4 aliphatic carbocycles. The normalized spacial score (nSPS) is 48.2. The van der Waals surface area contributed by atoms with Crippen molar-refractivity contribution in [2.24, 2.45) is 28.6 Å². The van der Waals surface area contributed by atoms with Gasteiger partial charge >= 0.3 is 0 Å². The molecule has 1 aliphatic heterocycles. The van der Waals surface area contributed by atoms with Gasteiger partial charge in [0.25, 0.3) is 0 Å². The summed E-state index contributed by atoms with van der Waals surface area (Å²) in [5.41, 5.74) is 3.75. The molecule has 1 unspecified atom stereocenters. The molecule has 0 aromatic heterocycles. The molecule has 3 heteroatoms. The van der Waals surface area contributed by atoms with Gasteiger partial charge in [-0.15, -0.1) is 0 Å². The van der Waals surface area contributed by atoms with E-state index in [4.69, 9.17) is 9.47 Å². The van der Waals surface area contributed by atoms with Crippen LogP contribution in [0.15, 0.2) is 23.3 Å². The fourth-order valence-corrected chi connectivity index (χ4v) is 7.94. The highest BCUT2D eigenvalue weighted by molar-refractivity contribution is 5.31. The fourth-order valence-electron chi connectivity index (χ4n) is 7.94. The van der Waals surface area contributed by atoms with E-state index >= 15 is 0 Å². The molecule has 5 aliphatic rings. The smallest absolute Gasteiger partial charge is 0.157 e. The summed E-state index contributed by atoms with van der Waals surface area (Å²) < 4.78 is 12.2. The monoisotopic (exact) mass is 395 g/mol. The van der Waals surface area contributed by atoms with E-state index in [9.17, 15) is 5.26 Å². The Bertz CT molecular complexity index is 742. The Morgan fingerprint density at radius 1 is 1.10 bits per heavy atom. The topological polar surface area (TPSA) is 42.2 Å². The molecule has 0 aromatic carbocycles. The van der Waals surface area contributed by atoms with Gasteiger partial charge in [-0.05, 0) is 99.2 Å². The van der Waals surface area contributed by atoms with E-state index in [1.165, 1.54) is 56.9 Å². The van der Waals surface area contributed by atoms with E-state index < -0.39 is 0 Å². The lowest BCUT2D eigenvalue weighted by Gasteiger charge is -2.57. The lowest BCUT2D eigenvalue weighted by Crippen LogP contribution is -2.50. The molecule has 7 atom stereocenters. The van der Waals surface area contributed by atoms with Crippen LogP contribution in [0.1, 0.15) is 84.5 Å². The molecule has 0 bridgehead atoms. The molecule has 0 aromatic rings. The lowest BCUT2D eigenvalue weighted by molar-refractivity contribution is -0.195. The Morgan fingerprint density at radius 3 is 2.72 bits per heavy atom. The fraction of sp³-hybridized carbons (Fsp3) is 0.808. The summed E-state index contributed by atoms with van der Waals surface area (Å²) in [6.45, 7) is 5.89. The summed E-state index contributed by atoms with van der Waals surface area (Å²) in [4.78, 5) is 0. The van der Waals surface area contributed by atoms with Crippen LogP contribution in [0.25, 0.3) is 0 Å². The highest BCUT2D eigenvalue weighted by Gasteiger charge is 2.57. The van der Waals surface area contributed by atoms with Gasteiger partial charge in [0.1, 0.15) is 0 Å². The molecule has 0 N–H and O–H groups in total. The van der Waals surface area contributed by atoms with Crippen LogP contribution in [0.4, 0.5) is 0 Å². The molecule has 3 saturated carbocycles. The number of hydrogen-bond acceptors (Lipinski definition) is 3. The molecule has 0 spiro atoms. The summed E-state index contributed by atoms with van der Waals surface area (Å²) in [6.07, 6.45) is 18.2. The van der Waals surface area contributed by atoms with Crippen LogP contribution in [-0.2, 0) is 9.47 Å². The molecule has 1 saturated heterocycles. The zero-order valence-corrected chi connectivity index (χ0v) is 18.3. The van der Waals surface area contributed by atoms with E-state index in [-0.39, 0.29) is 11.7 Å². The van der Waals surface area contributed by atoms with Crippen molar-refractivity contribution in [1.29, 1.82) is 5.26 Å². The largest absolute Gasteiger partial charge is 0.353 e. The average molecular weight is 396 g/mol. The number of nitrogens with zero attached hydrogens (tertiary/aromatic N) is 1. The van der Waals surface area contributed by atoms with Crippen molar-refractivity contribution in [2.75, 3.05) is 6.61 Å². The van der Waals surface area contributed by atoms with Gasteiger partial charge in [-0.25, -0.2) is 0 Å². The van der Waals surface area contributed by atoms with Crippen molar-refractivity contribution in [3.05, 3.63) is 23.3 Å². The highest BCUT2D eigenvalue weighted by atomic mass is 16.7. The minimum absolute atomic E-state index is 0.0364. The van der Waals surface area contributed by atoms with E-state index in [0.29, 0.717) is 11.5 Å². The zero-order valence-electron chi connectivity index (χ0n) is 18.3. The van der Waals surface area contributed by atoms with E-state index in [1.807, 2.05) is 6.08 Å². The highest BCUT2D eigenvalue weighted by Crippen LogP contribution is 2.66. The molecule has 29 heavy (non-hydrogen) atoms. The Labute approximate surface area is 176 Å². The second-order valence-electron chi connectivity index (χ2n) is 10.8. The van der Waals surface area contributed by atoms with Gasteiger partial charge in [0, 0.05) is 12.7 Å². The van der Waals surface area contributed by atoms with Gasteiger partial charge in [0.15, 0.2) is 6.29 Å². The number of hydrogen-bond donors (Lipinski definition) is 0. The van der Waals surface area contributed by atoms with Crippen LogP contribution in [0.5, 0.6) is 0 Å². The Kier molecular flexibility index (Phi) is 5.16. The molecule has 5 rings (SSSR count). The van der Waals surface area contributed by atoms with Gasteiger partial charge in [0.2, 0.25) is 0 Å². The number of nitriles is 1. The lowest BCUT2D eigenvalue weighted by atomic mass is 9.48. The molecule has 0 amide bonds. The van der Waals surface area contributed by atoms with Crippen molar-refractivity contribution in [2.45, 2.75) is 96.9 Å². The van der Waals surface area contributed by atoms with Crippen LogP contribution in [0.3, 0.4) is 0 Å². The molecule has 1 heterocycles. The summed E-state index contributed by atoms with van der Waals surface area (Å²) in [7, 11) is 0. The Morgan fingerprint density at radius 2 is 1.93 bits per heavy atom. The average Bonchev–Trinajstić information content (AvgIpc) is 3.06. The first-order valence-corrected chi connectivity index (χ1v) is 12.1. The second kappa shape index (κ2) is 7.54. The third-order valence-electron chi connectivity index (χ3n) is 9.63. The van der Waals surface area contributed by atoms with Gasteiger partial charge in [0.05, 0.1) is 12.2 Å². The quantitative estimate of drug-likeness (QED) is 0.406. The van der Waals surface area contributed by atoms with Crippen molar-refractivity contribution in [3.63, 3.8) is 0 Å². The van der Waals surface area contributed by atoms with E-state index in [1.54, 1.807) is 5.57 Å². The molecule has 4 fully saturated rings. The maximum Gasteiger partial charge on any atom is 0.157 e. The maximum absolute atomic E-state index is 9.24. The van der Waals surface area contributed by atoms with Crippen LogP contribution in [0.2, 0.25) is 0 Å². The van der Waals surface area contributed by atoms with Gasteiger partial charge < -0.3 is 9.47 Å². The number of allylic oxidation sites excluding steroid dienone is 3. The minimum Gasteiger partial charge on any atom is -0.353 e. The van der Waals surface area contributed by atoms with Crippen molar-refractivity contribution in [3.8, 4) is 6.07 Å². The number of rotatable bonds is 2. The predicted octanol–water partition coefficient (Wildman–Crippen LogP) is 6.31.